The van der Waals surface area contributed by atoms with Gasteiger partial charge in [-0.15, -0.1) is 0 Å². The SMILES string of the molecule is Cc1ccc2cc(NC(=O)c3cc4cccnc4[nH]3)ccc2n1. The number of hydrogen-bond donors (Lipinski definition) is 2. The van der Waals surface area contributed by atoms with Crippen LogP contribution >= 0.6 is 0 Å². The van der Waals surface area contributed by atoms with Crippen molar-refractivity contribution in [1.82, 2.24) is 15.0 Å². The average molecular weight is 302 g/mol. The molecule has 0 aliphatic heterocycles. The minimum absolute atomic E-state index is 0.192. The highest BCUT2D eigenvalue weighted by atomic mass is 16.1. The molecule has 0 saturated carbocycles. The van der Waals surface area contributed by atoms with Gasteiger partial charge in [0, 0.05) is 28.4 Å². The Hall–Kier alpha value is -3.21. The summed E-state index contributed by atoms with van der Waals surface area (Å²) in [5.74, 6) is -0.192. The van der Waals surface area contributed by atoms with E-state index in [1.165, 1.54) is 0 Å². The quantitative estimate of drug-likeness (QED) is 0.593. The van der Waals surface area contributed by atoms with Gasteiger partial charge >= 0.3 is 0 Å². The van der Waals surface area contributed by atoms with E-state index < -0.39 is 0 Å². The molecule has 1 amide bonds. The molecule has 0 radical (unpaired) electrons. The molecule has 0 bridgehead atoms. The van der Waals surface area contributed by atoms with Gasteiger partial charge in [0.15, 0.2) is 0 Å². The highest BCUT2D eigenvalue weighted by Gasteiger charge is 2.10. The van der Waals surface area contributed by atoms with Crippen LogP contribution in [-0.4, -0.2) is 20.9 Å². The monoisotopic (exact) mass is 302 g/mol. The maximum Gasteiger partial charge on any atom is 0.272 e. The highest BCUT2D eigenvalue weighted by molar-refractivity contribution is 6.06. The lowest BCUT2D eigenvalue weighted by molar-refractivity contribution is 0.102. The van der Waals surface area contributed by atoms with Gasteiger partial charge in [-0.3, -0.25) is 9.78 Å². The van der Waals surface area contributed by atoms with Crippen molar-refractivity contribution in [3.8, 4) is 0 Å². The number of anilines is 1. The molecule has 3 heterocycles. The van der Waals surface area contributed by atoms with E-state index in [0.29, 0.717) is 11.3 Å². The van der Waals surface area contributed by atoms with E-state index in [2.05, 4.69) is 20.3 Å². The van der Waals surface area contributed by atoms with Crippen LogP contribution in [0.2, 0.25) is 0 Å². The lowest BCUT2D eigenvalue weighted by atomic mass is 10.2. The van der Waals surface area contributed by atoms with Crippen LogP contribution < -0.4 is 5.32 Å². The smallest absolute Gasteiger partial charge is 0.272 e. The molecule has 0 spiro atoms. The number of aromatic nitrogens is 3. The van der Waals surface area contributed by atoms with Crippen LogP contribution in [0.3, 0.4) is 0 Å². The number of nitrogens with one attached hydrogen (secondary N) is 2. The van der Waals surface area contributed by atoms with Crippen LogP contribution in [0.15, 0.2) is 54.7 Å². The Labute approximate surface area is 132 Å². The fourth-order valence-electron chi connectivity index (χ4n) is 2.58. The predicted molar refractivity (Wildman–Crippen MR) is 90.5 cm³/mol. The van der Waals surface area contributed by atoms with Gasteiger partial charge < -0.3 is 10.3 Å². The maximum absolute atomic E-state index is 12.4. The van der Waals surface area contributed by atoms with Crippen molar-refractivity contribution in [2.24, 2.45) is 0 Å². The van der Waals surface area contributed by atoms with E-state index >= 15 is 0 Å². The summed E-state index contributed by atoms with van der Waals surface area (Å²) in [5.41, 5.74) is 3.81. The fourth-order valence-corrected chi connectivity index (χ4v) is 2.58. The van der Waals surface area contributed by atoms with E-state index in [9.17, 15) is 4.79 Å². The van der Waals surface area contributed by atoms with Crippen molar-refractivity contribution in [2.45, 2.75) is 6.92 Å². The second-order valence-corrected chi connectivity index (χ2v) is 5.44. The van der Waals surface area contributed by atoms with Gasteiger partial charge in [-0.1, -0.05) is 6.07 Å². The first kappa shape index (κ1) is 13.5. The highest BCUT2D eigenvalue weighted by Crippen LogP contribution is 2.19. The number of carbonyl (C=O) groups excluding carboxylic acids is 1. The number of hydrogen-bond acceptors (Lipinski definition) is 3. The number of aromatic amines is 1. The number of benzene rings is 1. The summed E-state index contributed by atoms with van der Waals surface area (Å²) in [6, 6.07) is 15.2. The van der Waals surface area contributed by atoms with Crippen molar-refractivity contribution in [2.75, 3.05) is 5.32 Å². The molecule has 2 N–H and O–H groups in total. The Bertz CT molecular complexity index is 1000. The molecule has 0 atom stereocenters. The molecule has 3 aromatic heterocycles. The summed E-state index contributed by atoms with van der Waals surface area (Å²) >= 11 is 0. The standard InChI is InChI=1S/C18H14N4O/c1-11-4-5-12-9-14(6-7-15(12)20-11)21-18(23)16-10-13-3-2-8-19-17(13)22-16/h2-10H,1H3,(H,19,22)(H,21,23). The summed E-state index contributed by atoms with van der Waals surface area (Å²) in [4.78, 5) is 24.1. The zero-order valence-corrected chi connectivity index (χ0v) is 12.5. The van der Waals surface area contributed by atoms with E-state index in [-0.39, 0.29) is 5.91 Å². The van der Waals surface area contributed by atoms with Crippen LogP contribution in [-0.2, 0) is 0 Å². The van der Waals surface area contributed by atoms with Gasteiger partial charge in [-0.05, 0) is 49.4 Å². The Morgan fingerprint density at radius 2 is 2.00 bits per heavy atom. The van der Waals surface area contributed by atoms with Crippen LogP contribution in [0.1, 0.15) is 16.2 Å². The maximum atomic E-state index is 12.4. The lowest BCUT2D eigenvalue weighted by Crippen LogP contribution is -2.12. The Balaban J connectivity index is 1.64. The molecule has 1 aromatic carbocycles. The van der Waals surface area contributed by atoms with Crippen LogP contribution in [0.5, 0.6) is 0 Å². The fraction of sp³-hybridized carbons (Fsp3) is 0.0556. The largest absolute Gasteiger partial charge is 0.335 e. The molecule has 0 fully saturated rings. The number of rotatable bonds is 2. The summed E-state index contributed by atoms with van der Waals surface area (Å²) in [6.45, 7) is 1.96. The van der Waals surface area contributed by atoms with Crippen LogP contribution in [0, 0.1) is 6.92 Å². The topological polar surface area (TPSA) is 70.7 Å². The number of carbonyl (C=O) groups is 1. The molecule has 0 aliphatic rings. The number of H-pyrrole nitrogens is 1. The Morgan fingerprint density at radius 3 is 2.87 bits per heavy atom. The normalized spacial score (nSPS) is 11.0. The van der Waals surface area contributed by atoms with Crippen molar-refractivity contribution < 1.29 is 4.79 Å². The number of aryl methyl sites for hydroxylation is 1. The third-order valence-electron chi connectivity index (χ3n) is 3.72. The number of amides is 1. The molecular weight excluding hydrogens is 288 g/mol. The average Bonchev–Trinajstić information content (AvgIpc) is 2.99. The Kier molecular flexibility index (Phi) is 3.05. The molecular formula is C18H14N4O. The number of nitrogens with zero attached hydrogens (tertiary/aromatic N) is 2. The van der Waals surface area contributed by atoms with Gasteiger partial charge in [0.2, 0.25) is 0 Å². The zero-order chi connectivity index (χ0) is 15.8. The molecule has 0 unspecified atom stereocenters. The van der Waals surface area contributed by atoms with Crippen molar-refractivity contribution >= 4 is 33.5 Å². The van der Waals surface area contributed by atoms with Gasteiger partial charge in [0.25, 0.3) is 5.91 Å². The second-order valence-electron chi connectivity index (χ2n) is 5.44. The lowest BCUT2D eigenvalue weighted by Gasteiger charge is -2.05. The van der Waals surface area contributed by atoms with Crippen molar-refractivity contribution in [1.29, 1.82) is 0 Å². The third-order valence-corrected chi connectivity index (χ3v) is 3.72. The predicted octanol–water partition coefficient (Wildman–Crippen LogP) is 3.67. The Morgan fingerprint density at radius 1 is 1.09 bits per heavy atom. The molecule has 23 heavy (non-hydrogen) atoms. The van der Waals surface area contributed by atoms with Crippen molar-refractivity contribution in [3.63, 3.8) is 0 Å². The first-order valence-electron chi connectivity index (χ1n) is 7.31. The molecule has 4 rings (SSSR count). The van der Waals surface area contributed by atoms with E-state index in [1.807, 2.05) is 49.4 Å². The minimum atomic E-state index is -0.192. The summed E-state index contributed by atoms with van der Waals surface area (Å²) in [5, 5.41) is 4.81. The van der Waals surface area contributed by atoms with E-state index in [1.54, 1.807) is 12.3 Å². The van der Waals surface area contributed by atoms with Crippen LogP contribution in [0.25, 0.3) is 21.9 Å². The second kappa shape index (κ2) is 5.21. The molecule has 112 valence electrons. The molecule has 5 nitrogen and oxygen atoms in total. The van der Waals surface area contributed by atoms with Gasteiger partial charge in [0.1, 0.15) is 11.3 Å². The third kappa shape index (κ3) is 2.53. The summed E-state index contributed by atoms with van der Waals surface area (Å²) < 4.78 is 0. The van der Waals surface area contributed by atoms with Crippen molar-refractivity contribution in [3.05, 3.63) is 66.1 Å². The molecule has 5 heteroatoms. The first-order chi connectivity index (χ1) is 11.2. The van der Waals surface area contributed by atoms with E-state index in [0.717, 1.165) is 27.7 Å². The minimum Gasteiger partial charge on any atom is -0.335 e. The number of fused-ring (bicyclic) bond motifs is 2. The zero-order valence-electron chi connectivity index (χ0n) is 12.5. The molecule has 4 aromatic rings. The van der Waals surface area contributed by atoms with Gasteiger partial charge in [0.05, 0.1) is 5.52 Å². The summed E-state index contributed by atoms with van der Waals surface area (Å²) in [6.07, 6.45) is 1.69. The summed E-state index contributed by atoms with van der Waals surface area (Å²) in [7, 11) is 0. The number of pyridine rings is 2. The molecule has 0 saturated heterocycles. The van der Waals surface area contributed by atoms with Crippen LogP contribution in [0.4, 0.5) is 5.69 Å². The molecule has 0 aliphatic carbocycles. The van der Waals surface area contributed by atoms with Gasteiger partial charge in [-0.25, -0.2) is 4.98 Å². The van der Waals surface area contributed by atoms with E-state index in [4.69, 9.17) is 0 Å². The first-order valence-corrected chi connectivity index (χ1v) is 7.31. The van der Waals surface area contributed by atoms with Gasteiger partial charge in [-0.2, -0.15) is 0 Å².